The van der Waals surface area contributed by atoms with Gasteiger partial charge in [0, 0.05) is 23.7 Å². The molecule has 1 aromatic heterocycles. The molecular formula is C16H23N3O4. The van der Waals surface area contributed by atoms with Gasteiger partial charge in [-0.15, -0.1) is 0 Å². The lowest BCUT2D eigenvalue weighted by Gasteiger charge is -2.16. The summed E-state index contributed by atoms with van der Waals surface area (Å²) in [5.74, 6) is 3.15. The van der Waals surface area contributed by atoms with Crippen LogP contribution in [0.1, 0.15) is 44.4 Å². The van der Waals surface area contributed by atoms with Crippen LogP contribution in [0.15, 0.2) is 16.7 Å². The van der Waals surface area contributed by atoms with Crippen molar-refractivity contribution in [3.05, 3.63) is 23.8 Å². The first kappa shape index (κ1) is 16.9. The molecule has 0 amide bonds. The number of hydrogen-bond donors (Lipinski definition) is 1. The predicted octanol–water partition coefficient (Wildman–Crippen LogP) is 3.39. The molecule has 2 rings (SSSR count). The molecule has 1 atom stereocenters. The Bertz CT molecular complexity index is 630. The molecule has 1 aromatic carbocycles. The fourth-order valence-corrected chi connectivity index (χ4v) is 2.13. The van der Waals surface area contributed by atoms with Gasteiger partial charge in [-0.1, -0.05) is 19.0 Å². The largest absolute Gasteiger partial charge is 0.493 e. The van der Waals surface area contributed by atoms with Crippen molar-refractivity contribution >= 4 is 5.69 Å². The molecule has 0 aliphatic heterocycles. The highest BCUT2D eigenvalue weighted by atomic mass is 16.5. The summed E-state index contributed by atoms with van der Waals surface area (Å²) in [4.78, 5) is 4.40. The summed E-state index contributed by atoms with van der Waals surface area (Å²) in [6, 6.07) is 3.51. The van der Waals surface area contributed by atoms with Crippen molar-refractivity contribution in [1.82, 2.24) is 10.1 Å². The Kier molecular flexibility index (Phi) is 5.31. The van der Waals surface area contributed by atoms with E-state index < -0.39 is 0 Å². The van der Waals surface area contributed by atoms with Crippen molar-refractivity contribution in [3.63, 3.8) is 0 Å². The van der Waals surface area contributed by atoms with Crippen molar-refractivity contribution in [2.75, 3.05) is 26.6 Å². The average molecular weight is 321 g/mol. The van der Waals surface area contributed by atoms with Crippen LogP contribution in [0.2, 0.25) is 0 Å². The summed E-state index contributed by atoms with van der Waals surface area (Å²) in [6.07, 6.45) is 0. The van der Waals surface area contributed by atoms with E-state index in [1.165, 1.54) is 0 Å². The molecule has 0 saturated carbocycles. The molecule has 1 heterocycles. The molecule has 126 valence electrons. The number of nitrogens with one attached hydrogen (secondary N) is 1. The Labute approximate surface area is 135 Å². The van der Waals surface area contributed by atoms with Crippen LogP contribution in [0.25, 0.3) is 0 Å². The van der Waals surface area contributed by atoms with Gasteiger partial charge in [0.05, 0.1) is 21.3 Å². The van der Waals surface area contributed by atoms with Crippen molar-refractivity contribution in [2.45, 2.75) is 32.7 Å². The van der Waals surface area contributed by atoms with Gasteiger partial charge < -0.3 is 24.1 Å². The zero-order chi connectivity index (χ0) is 17.0. The maximum absolute atomic E-state index is 5.35. The minimum absolute atomic E-state index is 0.155. The van der Waals surface area contributed by atoms with Crippen LogP contribution in [0.5, 0.6) is 17.2 Å². The summed E-state index contributed by atoms with van der Waals surface area (Å²) >= 11 is 0. The van der Waals surface area contributed by atoms with Crippen molar-refractivity contribution < 1.29 is 18.7 Å². The molecule has 1 N–H and O–H groups in total. The molecule has 7 nitrogen and oxygen atoms in total. The fourth-order valence-electron chi connectivity index (χ4n) is 2.13. The zero-order valence-electron chi connectivity index (χ0n) is 14.3. The lowest BCUT2D eigenvalue weighted by Crippen LogP contribution is -2.08. The summed E-state index contributed by atoms with van der Waals surface area (Å²) < 4.78 is 21.3. The lowest BCUT2D eigenvalue weighted by molar-refractivity contribution is 0.324. The van der Waals surface area contributed by atoms with E-state index in [0.29, 0.717) is 29.0 Å². The van der Waals surface area contributed by atoms with Crippen LogP contribution in [0.4, 0.5) is 5.69 Å². The van der Waals surface area contributed by atoms with Crippen molar-refractivity contribution in [2.24, 2.45) is 0 Å². The van der Waals surface area contributed by atoms with Gasteiger partial charge in [0.25, 0.3) is 0 Å². The second-order valence-electron chi connectivity index (χ2n) is 5.43. The van der Waals surface area contributed by atoms with Gasteiger partial charge in [0.2, 0.25) is 11.6 Å². The van der Waals surface area contributed by atoms with E-state index in [2.05, 4.69) is 15.5 Å². The minimum Gasteiger partial charge on any atom is -0.493 e. The monoisotopic (exact) mass is 321 g/mol. The summed E-state index contributed by atoms with van der Waals surface area (Å²) in [7, 11) is 4.73. The number of ether oxygens (including phenoxy) is 3. The molecule has 0 aliphatic carbocycles. The van der Waals surface area contributed by atoms with Gasteiger partial charge in [-0.2, -0.15) is 4.98 Å². The Morgan fingerprint density at radius 1 is 1.00 bits per heavy atom. The maximum Gasteiger partial charge on any atom is 0.248 e. The molecule has 0 aliphatic rings. The van der Waals surface area contributed by atoms with E-state index in [0.717, 1.165) is 5.69 Å². The van der Waals surface area contributed by atoms with Gasteiger partial charge in [-0.25, -0.2) is 0 Å². The van der Waals surface area contributed by atoms with Crippen LogP contribution >= 0.6 is 0 Å². The number of aromatic nitrogens is 2. The number of anilines is 1. The van der Waals surface area contributed by atoms with Gasteiger partial charge in [-0.3, -0.25) is 0 Å². The van der Waals surface area contributed by atoms with Gasteiger partial charge in [0.15, 0.2) is 17.3 Å². The summed E-state index contributed by atoms with van der Waals surface area (Å²) in [5.41, 5.74) is 0.802. The van der Waals surface area contributed by atoms with E-state index in [4.69, 9.17) is 18.7 Å². The third-order valence-corrected chi connectivity index (χ3v) is 3.39. The highest BCUT2D eigenvalue weighted by molar-refractivity contribution is 5.62. The molecule has 0 bridgehead atoms. The number of nitrogens with zero attached hydrogens (tertiary/aromatic N) is 2. The Balaban J connectivity index is 2.24. The van der Waals surface area contributed by atoms with E-state index in [1.807, 2.05) is 32.9 Å². The Morgan fingerprint density at radius 2 is 1.61 bits per heavy atom. The molecule has 0 radical (unpaired) electrons. The van der Waals surface area contributed by atoms with Gasteiger partial charge in [-0.05, 0) is 6.92 Å². The SMILES string of the molecule is COc1cc(NC(C)c2nc(C(C)C)no2)cc(OC)c1OC. The predicted molar refractivity (Wildman–Crippen MR) is 86.5 cm³/mol. The smallest absolute Gasteiger partial charge is 0.248 e. The third kappa shape index (κ3) is 3.67. The summed E-state index contributed by atoms with van der Waals surface area (Å²) in [6.45, 7) is 5.98. The topological polar surface area (TPSA) is 78.6 Å². The first-order valence-corrected chi connectivity index (χ1v) is 7.40. The van der Waals surface area contributed by atoms with Crippen molar-refractivity contribution in [1.29, 1.82) is 0 Å². The fraction of sp³-hybridized carbons (Fsp3) is 0.500. The lowest BCUT2D eigenvalue weighted by atomic mass is 10.2. The third-order valence-electron chi connectivity index (χ3n) is 3.39. The molecule has 0 saturated heterocycles. The zero-order valence-corrected chi connectivity index (χ0v) is 14.3. The van der Waals surface area contributed by atoms with Crippen LogP contribution in [0, 0.1) is 0 Å². The van der Waals surface area contributed by atoms with E-state index in [1.54, 1.807) is 21.3 Å². The first-order valence-electron chi connectivity index (χ1n) is 7.40. The second-order valence-corrected chi connectivity index (χ2v) is 5.43. The van der Waals surface area contributed by atoms with E-state index in [9.17, 15) is 0 Å². The van der Waals surface area contributed by atoms with Crippen molar-refractivity contribution in [3.8, 4) is 17.2 Å². The molecule has 0 fully saturated rings. The molecular weight excluding hydrogens is 298 g/mol. The van der Waals surface area contributed by atoms with E-state index >= 15 is 0 Å². The highest BCUT2D eigenvalue weighted by Gasteiger charge is 2.18. The second kappa shape index (κ2) is 7.21. The Morgan fingerprint density at radius 3 is 2.04 bits per heavy atom. The first-order chi connectivity index (χ1) is 11.0. The normalized spacial score (nSPS) is 12.1. The average Bonchev–Trinajstić information content (AvgIpc) is 3.04. The minimum atomic E-state index is -0.155. The summed E-state index contributed by atoms with van der Waals surface area (Å²) in [5, 5.41) is 7.28. The van der Waals surface area contributed by atoms with Crippen LogP contribution in [-0.4, -0.2) is 31.5 Å². The maximum atomic E-state index is 5.35. The van der Waals surface area contributed by atoms with Crippen LogP contribution < -0.4 is 19.5 Å². The molecule has 2 aromatic rings. The number of benzene rings is 1. The highest BCUT2D eigenvalue weighted by Crippen LogP contribution is 2.40. The molecule has 7 heteroatoms. The number of hydrogen-bond acceptors (Lipinski definition) is 7. The molecule has 23 heavy (non-hydrogen) atoms. The quantitative estimate of drug-likeness (QED) is 0.837. The van der Waals surface area contributed by atoms with Gasteiger partial charge in [0.1, 0.15) is 6.04 Å². The number of methoxy groups -OCH3 is 3. The molecule has 1 unspecified atom stereocenters. The number of rotatable bonds is 7. The van der Waals surface area contributed by atoms with Gasteiger partial charge >= 0.3 is 0 Å². The Hall–Kier alpha value is -2.44. The van der Waals surface area contributed by atoms with Crippen LogP contribution in [-0.2, 0) is 0 Å². The molecule has 0 spiro atoms. The van der Waals surface area contributed by atoms with E-state index in [-0.39, 0.29) is 12.0 Å². The standard InChI is InChI=1S/C16H23N3O4/c1-9(2)15-18-16(23-19-15)10(3)17-11-7-12(20-4)14(22-6)13(8-11)21-5/h7-10,17H,1-6H3. The van der Waals surface area contributed by atoms with Crippen LogP contribution in [0.3, 0.4) is 0 Å².